The van der Waals surface area contributed by atoms with Gasteiger partial charge >= 0.3 is 8.25 Å². The van der Waals surface area contributed by atoms with E-state index in [4.69, 9.17) is 28.1 Å². The van der Waals surface area contributed by atoms with Gasteiger partial charge < -0.3 is 9.42 Å². The second-order valence-corrected chi connectivity index (χ2v) is 2.84. The molecule has 10 heavy (non-hydrogen) atoms. The van der Waals surface area contributed by atoms with Crippen molar-refractivity contribution in [3.05, 3.63) is 11.3 Å². The van der Waals surface area contributed by atoms with Gasteiger partial charge in [0, 0.05) is 5.88 Å². The highest BCUT2D eigenvalue weighted by Crippen LogP contribution is 2.22. The summed E-state index contributed by atoms with van der Waals surface area (Å²) in [4.78, 5) is 8.19. The molecule has 1 N–H and O–H groups in total. The van der Waals surface area contributed by atoms with E-state index in [0.29, 0.717) is 12.3 Å². The third-order valence-corrected chi connectivity index (χ3v) is 1.57. The Morgan fingerprint density at radius 2 is 2.40 bits per heavy atom. The third-order valence-electron chi connectivity index (χ3n) is 0.599. The first kappa shape index (κ1) is 10.3. The molecule has 1 unspecified atom stereocenters. The minimum Gasteiger partial charge on any atom is -0.415 e. The Hall–Kier alpha value is 0.310. The van der Waals surface area contributed by atoms with Gasteiger partial charge in [0.15, 0.2) is 5.22 Å². The molecular formula is C4H7Cl2O3P. The summed E-state index contributed by atoms with van der Waals surface area (Å²) in [5.74, 6) is 0.409. The predicted molar refractivity (Wildman–Crippen MR) is 41.6 cm³/mol. The van der Waals surface area contributed by atoms with E-state index in [2.05, 4.69) is 4.52 Å². The molecule has 0 aromatic rings. The molecule has 0 aromatic carbocycles. The van der Waals surface area contributed by atoms with E-state index >= 15 is 0 Å². The summed E-state index contributed by atoms with van der Waals surface area (Å²) in [6.07, 6.45) is 1.96. The molecule has 0 saturated carbocycles. The molecule has 0 radical (unpaired) electrons. The van der Waals surface area contributed by atoms with Gasteiger partial charge in [0.1, 0.15) is 0 Å². The largest absolute Gasteiger partial charge is 0.415 e. The quantitative estimate of drug-likeness (QED) is 0.434. The zero-order valence-corrected chi connectivity index (χ0v) is 7.52. The van der Waals surface area contributed by atoms with Crippen LogP contribution in [0.5, 0.6) is 0 Å². The van der Waals surface area contributed by atoms with Crippen molar-refractivity contribution in [2.24, 2.45) is 0 Å². The lowest BCUT2D eigenvalue weighted by Gasteiger charge is -1.96. The van der Waals surface area contributed by atoms with Gasteiger partial charge in [0.05, 0.1) is 0 Å². The number of allylic oxidation sites excluding steroid dienone is 1. The van der Waals surface area contributed by atoms with E-state index in [-0.39, 0.29) is 5.22 Å². The minimum absolute atomic E-state index is 0.0768. The van der Waals surface area contributed by atoms with Gasteiger partial charge in [-0.15, -0.1) is 11.6 Å². The highest BCUT2D eigenvalue weighted by Gasteiger charge is 1.94. The van der Waals surface area contributed by atoms with Crippen molar-refractivity contribution in [3.8, 4) is 0 Å². The van der Waals surface area contributed by atoms with Gasteiger partial charge in [0.2, 0.25) is 0 Å². The molecule has 0 heterocycles. The fourth-order valence-electron chi connectivity index (χ4n) is 0.293. The number of halogens is 2. The first-order valence-corrected chi connectivity index (χ1v) is 4.67. The summed E-state index contributed by atoms with van der Waals surface area (Å²) in [7, 11) is -2.96. The Bertz CT molecular complexity index is 147. The molecule has 0 spiro atoms. The average molecular weight is 205 g/mol. The van der Waals surface area contributed by atoms with E-state index in [0.717, 1.165) is 0 Å². The van der Waals surface area contributed by atoms with Crippen LogP contribution in [0.2, 0.25) is 0 Å². The van der Waals surface area contributed by atoms with Crippen LogP contribution in [0.1, 0.15) is 6.42 Å². The molecule has 60 valence electrons. The van der Waals surface area contributed by atoms with Crippen LogP contribution in [0.15, 0.2) is 11.3 Å². The van der Waals surface area contributed by atoms with Crippen LogP contribution in [-0.2, 0) is 9.09 Å². The van der Waals surface area contributed by atoms with Gasteiger partial charge in [-0.2, -0.15) is 0 Å². The maximum absolute atomic E-state index is 9.98. The number of rotatable bonds is 4. The molecule has 6 heteroatoms. The SMILES string of the molecule is O=[PH](O)OC(Cl)=CCCCl. The first-order chi connectivity index (χ1) is 4.66. The monoisotopic (exact) mass is 204 g/mol. The highest BCUT2D eigenvalue weighted by atomic mass is 35.5. The number of hydrogen-bond donors (Lipinski definition) is 1. The van der Waals surface area contributed by atoms with Crippen molar-refractivity contribution >= 4 is 31.5 Å². The van der Waals surface area contributed by atoms with Crippen molar-refractivity contribution in [2.45, 2.75) is 6.42 Å². The zero-order valence-electron chi connectivity index (χ0n) is 5.01. The van der Waals surface area contributed by atoms with Gasteiger partial charge in [-0.1, -0.05) is 0 Å². The van der Waals surface area contributed by atoms with Crippen molar-refractivity contribution in [2.75, 3.05) is 5.88 Å². The molecule has 0 rings (SSSR count). The van der Waals surface area contributed by atoms with Crippen LogP contribution in [0.4, 0.5) is 0 Å². The zero-order chi connectivity index (χ0) is 7.98. The summed E-state index contributed by atoms with van der Waals surface area (Å²) in [5.41, 5.74) is 0. The summed E-state index contributed by atoms with van der Waals surface area (Å²) in [6, 6.07) is 0. The van der Waals surface area contributed by atoms with Gasteiger partial charge in [-0.3, -0.25) is 0 Å². The van der Waals surface area contributed by atoms with Gasteiger partial charge in [-0.05, 0) is 24.1 Å². The van der Waals surface area contributed by atoms with Crippen LogP contribution in [-0.4, -0.2) is 10.8 Å². The van der Waals surface area contributed by atoms with Crippen LogP contribution < -0.4 is 0 Å². The molecular weight excluding hydrogens is 198 g/mol. The van der Waals surface area contributed by atoms with Crippen LogP contribution >= 0.6 is 31.5 Å². The second-order valence-electron chi connectivity index (χ2n) is 1.35. The maximum atomic E-state index is 9.98. The number of hydrogen-bond acceptors (Lipinski definition) is 2. The van der Waals surface area contributed by atoms with Crippen molar-refractivity contribution < 1.29 is 14.0 Å². The first-order valence-electron chi connectivity index (χ1n) is 2.49. The van der Waals surface area contributed by atoms with Crippen molar-refractivity contribution in [1.29, 1.82) is 0 Å². The lowest BCUT2D eigenvalue weighted by molar-refractivity contribution is 0.368. The molecule has 0 aliphatic carbocycles. The predicted octanol–water partition coefficient (Wildman–Crippen LogP) is 2.09. The average Bonchev–Trinajstić information content (AvgIpc) is 1.82. The Kier molecular flexibility index (Phi) is 6.24. The molecule has 0 saturated heterocycles. The van der Waals surface area contributed by atoms with Gasteiger partial charge in [0.25, 0.3) is 0 Å². The fraction of sp³-hybridized carbons (Fsp3) is 0.500. The van der Waals surface area contributed by atoms with Gasteiger partial charge in [-0.25, -0.2) is 4.57 Å². The van der Waals surface area contributed by atoms with E-state index in [1.807, 2.05) is 0 Å². The Labute approximate surface area is 69.5 Å². The third kappa shape index (κ3) is 6.43. The minimum atomic E-state index is -2.96. The highest BCUT2D eigenvalue weighted by molar-refractivity contribution is 7.32. The van der Waals surface area contributed by atoms with Crippen LogP contribution in [0, 0.1) is 0 Å². The lowest BCUT2D eigenvalue weighted by Crippen LogP contribution is -1.75. The van der Waals surface area contributed by atoms with E-state index < -0.39 is 8.25 Å². The molecule has 1 atom stereocenters. The molecule has 0 aromatic heterocycles. The van der Waals surface area contributed by atoms with Crippen molar-refractivity contribution in [3.63, 3.8) is 0 Å². The molecule has 0 aliphatic heterocycles. The second kappa shape index (κ2) is 6.05. The molecule has 3 nitrogen and oxygen atoms in total. The number of alkyl halides is 1. The lowest BCUT2D eigenvalue weighted by atomic mass is 10.5. The van der Waals surface area contributed by atoms with E-state index in [1.165, 1.54) is 6.08 Å². The maximum Gasteiger partial charge on any atom is 0.366 e. The van der Waals surface area contributed by atoms with E-state index in [1.54, 1.807) is 0 Å². The standard InChI is InChI=1S/C4H7Cl2O3P/c5-3-1-2-4(6)9-10(7)8/h2,10H,1,3H2,(H,7,8). The molecule has 0 fully saturated rings. The summed E-state index contributed by atoms with van der Waals surface area (Å²) in [6.45, 7) is 0. The summed E-state index contributed by atoms with van der Waals surface area (Å²) >= 11 is 10.6. The van der Waals surface area contributed by atoms with Crippen LogP contribution in [0.3, 0.4) is 0 Å². The van der Waals surface area contributed by atoms with Crippen molar-refractivity contribution in [1.82, 2.24) is 0 Å². The molecule has 0 amide bonds. The molecule has 0 aliphatic rings. The summed E-state index contributed by atoms with van der Waals surface area (Å²) < 4.78 is 14.2. The normalized spacial score (nSPS) is 14.9. The fourth-order valence-corrected chi connectivity index (χ4v) is 0.959. The van der Waals surface area contributed by atoms with E-state index in [9.17, 15) is 4.57 Å². The Morgan fingerprint density at radius 1 is 1.80 bits per heavy atom. The summed E-state index contributed by atoms with van der Waals surface area (Å²) in [5, 5.41) is -0.0768. The Morgan fingerprint density at radius 3 is 2.80 bits per heavy atom. The van der Waals surface area contributed by atoms with Crippen LogP contribution in [0.25, 0.3) is 0 Å². The Balaban J connectivity index is 3.59. The smallest absolute Gasteiger partial charge is 0.366 e. The topological polar surface area (TPSA) is 46.5 Å². The molecule has 0 bridgehead atoms.